The van der Waals surface area contributed by atoms with E-state index in [1.165, 1.54) is 0 Å². The van der Waals surface area contributed by atoms with Gasteiger partial charge >= 0.3 is 5.97 Å². The minimum Gasteiger partial charge on any atom is -0.466 e. The van der Waals surface area contributed by atoms with E-state index in [1.807, 2.05) is 0 Å². The normalized spacial score (nSPS) is 9.31. The van der Waals surface area contributed by atoms with Crippen molar-refractivity contribution in [2.45, 2.75) is 19.8 Å². The maximum Gasteiger partial charge on any atom is 0.306 e. The van der Waals surface area contributed by atoms with E-state index in [1.54, 1.807) is 6.92 Å². The lowest BCUT2D eigenvalue weighted by Crippen LogP contribution is -2.15. The Kier molecular flexibility index (Phi) is 5.42. The zero-order valence-corrected chi connectivity index (χ0v) is 7.32. The number of hydrogen-bond donors (Lipinski definition) is 0. The molecule has 0 aliphatic heterocycles. The first-order chi connectivity index (χ1) is 6.06. The van der Waals surface area contributed by atoms with Crippen LogP contribution in [-0.4, -0.2) is 29.8 Å². The van der Waals surface area contributed by atoms with Gasteiger partial charge in [-0.15, -0.1) is 0 Å². The molecule has 0 rings (SSSR count). The molecule has 0 N–H and O–H groups in total. The van der Waals surface area contributed by atoms with E-state index in [0.717, 1.165) is 0 Å². The van der Waals surface area contributed by atoms with Gasteiger partial charge in [-0.1, -0.05) is 0 Å². The van der Waals surface area contributed by atoms with Crippen LogP contribution in [-0.2, 0) is 14.3 Å². The fourth-order valence-corrected chi connectivity index (χ4v) is 0.698. The summed E-state index contributed by atoms with van der Waals surface area (Å²) < 4.78 is 4.54. The summed E-state index contributed by atoms with van der Waals surface area (Å²) in [5.74, 6) is -1.06. The van der Waals surface area contributed by atoms with Gasteiger partial charge in [-0.2, -0.15) is 0 Å². The molecule has 0 heterocycles. The van der Waals surface area contributed by atoms with Gasteiger partial charge in [-0.25, -0.2) is 0 Å². The first kappa shape index (κ1) is 11.5. The zero-order valence-electron chi connectivity index (χ0n) is 7.32. The van der Waals surface area contributed by atoms with Gasteiger partial charge in [0.15, 0.2) is 0 Å². The highest BCUT2D eigenvalue weighted by Gasteiger charge is 2.12. The van der Waals surface area contributed by atoms with Crippen LogP contribution >= 0.6 is 0 Å². The molecule has 0 radical (unpaired) electrons. The molecule has 0 saturated carbocycles. The molecule has 6 nitrogen and oxygen atoms in total. The molecule has 0 aliphatic carbocycles. The van der Waals surface area contributed by atoms with Crippen LogP contribution in [0.5, 0.6) is 0 Å². The molecule has 0 spiro atoms. The predicted octanol–water partition coefficient (Wildman–Crippen LogP) is 0.176. The number of rotatable bonds is 6. The first-order valence-corrected chi connectivity index (χ1v) is 3.85. The molecule has 0 amide bonds. The van der Waals surface area contributed by atoms with Crippen molar-refractivity contribution in [3.8, 4) is 0 Å². The summed E-state index contributed by atoms with van der Waals surface area (Å²) >= 11 is 0. The summed E-state index contributed by atoms with van der Waals surface area (Å²) in [5.41, 5.74) is 0. The van der Waals surface area contributed by atoms with Gasteiger partial charge in [0.1, 0.15) is 0 Å². The van der Waals surface area contributed by atoms with E-state index in [4.69, 9.17) is 0 Å². The van der Waals surface area contributed by atoms with E-state index in [0.29, 0.717) is 0 Å². The number of nitrogens with zero attached hydrogens (tertiary/aromatic N) is 1. The molecule has 0 fully saturated rings. The summed E-state index contributed by atoms with van der Waals surface area (Å²) in [6.07, 6.45) is -0.208. The number of hydrogen-bond acceptors (Lipinski definition) is 5. The van der Waals surface area contributed by atoms with Crippen LogP contribution < -0.4 is 0 Å². The van der Waals surface area contributed by atoms with Gasteiger partial charge < -0.3 is 4.74 Å². The minimum absolute atomic E-state index is 0.0828. The van der Waals surface area contributed by atoms with Crippen molar-refractivity contribution in [3.63, 3.8) is 0 Å². The summed E-state index contributed by atoms with van der Waals surface area (Å²) in [6, 6.07) is 0. The van der Waals surface area contributed by atoms with Gasteiger partial charge in [-0.3, -0.25) is 19.7 Å². The number of carbonyl (C=O) groups is 2. The molecule has 6 heteroatoms. The Morgan fingerprint density at radius 3 is 2.46 bits per heavy atom. The average Bonchev–Trinajstić information content (AvgIpc) is 2.00. The number of ether oxygens (including phenoxy) is 1. The van der Waals surface area contributed by atoms with E-state index >= 15 is 0 Å². The third-order valence-corrected chi connectivity index (χ3v) is 1.22. The molecule has 74 valence electrons. The lowest BCUT2D eigenvalue weighted by Gasteiger charge is -1.98. The number of esters is 1. The lowest BCUT2D eigenvalue weighted by molar-refractivity contribution is -0.467. The fraction of sp³-hybridized carbons (Fsp3) is 0.714. The van der Waals surface area contributed by atoms with Crippen molar-refractivity contribution in [2.75, 3.05) is 13.2 Å². The molecule has 0 aromatic rings. The second kappa shape index (κ2) is 6.10. The Balaban J connectivity index is 3.58. The van der Waals surface area contributed by atoms with Crippen molar-refractivity contribution in [1.82, 2.24) is 0 Å². The summed E-state index contributed by atoms with van der Waals surface area (Å²) in [6.45, 7) is 1.18. The Morgan fingerprint density at radius 2 is 2.00 bits per heavy atom. The van der Waals surface area contributed by atoms with Crippen molar-refractivity contribution in [2.24, 2.45) is 0 Å². The topological polar surface area (TPSA) is 86.5 Å². The maximum atomic E-state index is 10.7. The molecule has 0 aliphatic rings. The van der Waals surface area contributed by atoms with Crippen LogP contribution in [0.1, 0.15) is 19.8 Å². The lowest BCUT2D eigenvalue weighted by atomic mass is 10.2. The van der Waals surface area contributed by atoms with Crippen LogP contribution in [0.3, 0.4) is 0 Å². The maximum absolute atomic E-state index is 10.7. The van der Waals surface area contributed by atoms with Crippen LogP contribution in [0.25, 0.3) is 0 Å². The summed E-state index contributed by atoms with van der Waals surface area (Å²) in [7, 11) is 0. The highest BCUT2D eigenvalue weighted by molar-refractivity contribution is 5.83. The van der Waals surface area contributed by atoms with E-state index in [-0.39, 0.29) is 19.4 Å². The van der Waals surface area contributed by atoms with Crippen molar-refractivity contribution in [1.29, 1.82) is 0 Å². The molecule has 0 aromatic heterocycles. The smallest absolute Gasteiger partial charge is 0.306 e. The second-order valence-corrected chi connectivity index (χ2v) is 2.33. The van der Waals surface area contributed by atoms with Crippen LogP contribution in [0.4, 0.5) is 0 Å². The van der Waals surface area contributed by atoms with Gasteiger partial charge in [-0.05, 0) is 6.92 Å². The standard InChI is InChI=1S/C7H11NO5/c1-2-13-7(10)4-3-6(9)5-8(11)12/h2-5H2,1H3. The predicted molar refractivity (Wildman–Crippen MR) is 42.7 cm³/mol. The Hall–Kier alpha value is -1.46. The Morgan fingerprint density at radius 1 is 1.38 bits per heavy atom. The first-order valence-electron chi connectivity index (χ1n) is 3.85. The molecule has 0 aromatic carbocycles. The van der Waals surface area contributed by atoms with Crippen molar-refractivity contribution >= 4 is 11.8 Å². The molecular formula is C7H11NO5. The van der Waals surface area contributed by atoms with E-state index < -0.39 is 23.2 Å². The Labute approximate surface area is 75.0 Å². The molecule has 0 unspecified atom stereocenters. The van der Waals surface area contributed by atoms with Crippen molar-refractivity contribution in [3.05, 3.63) is 10.1 Å². The number of Topliss-reactive ketones (excluding diaryl/α,β-unsaturated/α-hetero) is 1. The summed E-state index contributed by atoms with van der Waals surface area (Å²) in [5, 5.41) is 9.85. The van der Waals surface area contributed by atoms with Gasteiger partial charge in [0.25, 0.3) is 6.54 Å². The van der Waals surface area contributed by atoms with E-state index in [2.05, 4.69) is 4.74 Å². The highest BCUT2D eigenvalue weighted by atomic mass is 16.6. The van der Waals surface area contributed by atoms with Crippen molar-refractivity contribution < 1.29 is 19.2 Å². The van der Waals surface area contributed by atoms with Crippen LogP contribution in [0.2, 0.25) is 0 Å². The summed E-state index contributed by atoms with van der Waals surface area (Å²) in [4.78, 5) is 30.5. The van der Waals surface area contributed by atoms with E-state index in [9.17, 15) is 19.7 Å². The van der Waals surface area contributed by atoms with Gasteiger partial charge in [0, 0.05) is 11.3 Å². The largest absolute Gasteiger partial charge is 0.466 e. The highest BCUT2D eigenvalue weighted by Crippen LogP contribution is 1.94. The third-order valence-electron chi connectivity index (χ3n) is 1.22. The molecule has 0 saturated heterocycles. The monoisotopic (exact) mass is 189 g/mol. The quantitative estimate of drug-likeness (QED) is 0.338. The third kappa shape index (κ3) is 6.92. The van der Waals surface area contributed by atoms with Gasteiger partial charge in [0.05, 0.1) is 13.0 Å². The number of ketones is 1. The molecule has 0 atom stereocenters. The fourth-order valence-electron chi connectivity index (χ4n) is 0.698. The van der Waals surface area contributed by atoms with Gasteiger partial charge in [0.2, 0.25) is 5.78 Å². The van der Waals surface area contributed by atoms with Crippen LogP contribution in [0.15, 0.2) is 0 Å². The minimum atomic E-state index is -0.723. The average molecular weight is 189 g/mol. The molecular weight excluding hydrogens is 178 g/mol. The number of carbonyl (C=O) groups excluding carboxylic acids is 2. The Bertz CT molecular complexity index is 213. The SMILES string of the molecule is CCOC(=O)CCC(=O)C[N+](=O)[O-]. The molecule has 0 bridgehead atoms. The van der Waals surface area contributed by atoms with Crippen LogP contribution in [0, 0.1) is 10.1 Å². The number of nitro groups is 1. The zero-order chi connectivity index (χ0) is 10.3. The second-order valence-electron chi connectivity index (χ2n) is 2.33. The molecule has 13 heavy (non-hydrogen) atoms.